The molecule has 0 aliphatic carbocycles. The van der Waals surface area contributed by atoms with E-state index < -0.39 is 36.0 Å². The van der Waals surface area contributed by atoms with Crippen molar-refractivity contribution in [2.24, 2.45) is 11.7 Å². The molecule has 1 atom stereocenters. The summed E-state index contributed by atoms with van der Waals surface area (Å²) in [5.41, 5.74) is 4.81. The molecule has 5 nitrogen and oxygen atoms in total. The molecule has 20 heavy (non-hydrogen) atoms. The zero-order valence-corrected chi connectivity index (χ0v) is 12.1. The van der Waals surface area contributed by atoms with Crippen molar-refractivity contribution in [2.45, 2.75) is 32.0 Å². The Kier molecular flexibility index (Phi) is 6.28. The summed E-state index contributed by atoms with van der Waals surface area (Å²) >= 11 is 0. The van der Waals surface area contributed by atoms with Gasteiger partial charge < -0.3 is 16.0 Å². The average molecular weight is 318 g/mol. The molecule has 1 heterocycles. The predicted octanol–water partition coefficient (Wildman–Crippen LogP) is 0.672. The van der Waals surface area contributed by atoms with Crippen LogP contribution in [0.3, 0.4) is 0 Å². The van der Waals surface area contributed by atoms with Gasteiger partial charge in [0.1, 0.15) is 6.54 Å². The molecule has 1 fully saturated rings. The van der Waals surface area contributed by atoms with E-state index in [-0.39, 0.29) is 31.9 Å². The van der Waals surface area contributed by atoms with Crippen molar-refractivity contribution in [2.75, 3.05) is 19.6 Å². The largest absolute Gasteiger partial charge is 0.406 e. The quantitative estimate of drug-likeness (QED) is 0.800. The number of carbonyl (C=O) groups excluding carboxylic acids is 2. The van der Waals surface area contributed by atoms with Crippen molar-refractivity contribution < 1.29 is 22.8 Å². The highest BCUT2D eigenvalue weighted by Gasteiger charge is 2.41. The number of hydrogen-bond acceptors (Lipinski definition) is 3. The lowest BCUT2D eigenvalue weighted by molar-refractivity contribution is -0.157. The van der Waals surface area contributed by atoms with E-state index in [0.29, 0.717) is 4.90 Å². The minimum atomic E-state index is -4.45. The van der Waals surface area contributed by atoms with Crippen LogP contribution in [0.5, 0.6) is 0 Å². The van der Waals surface area contributed by atoms with Gasteiger partial charge in [0.15, 0.2) is 0 Å². The molecule has 118 valence electrons. The zero-order valence-electron chi connectivity index (χ0n) is 11.3. The topological polar surface area (TPSA) is 75.4 Å². The second-order valence-electron chi connectivity index (χ2n) is 5.37. The Morgan fingerprint density at radius 1 is 1.45 bits per heavy atom. The average Bonchev–Trinajstić information content (AvgIpc) is 2.57. The van der Waals surface area contributed by atoms with Gasteiger partial charge in [-0.1, -0.05) is 0 Å². The Hall–Kier alpha value is -1.02. The lowest BCUT2D eigenvalue weighted by atomic mass is 10.0. The molecule has 2 amide bonds. The fourth-order valence-electron chi connectivity index (χ4n) is 1.80. The van der Waals surface area contributed by atoms with Crippen LogP contribution < -0.4 is 11.1 Å². The second kappa shape index (κ2) is 6.62. The number of alkyl halides is 3. The van der Waals surface area contributed by atoms with E-state index in [1.54, 1.807) is 13.8 Å². The van der Waals surface area contributed by atoms with Crippen molar-refractivity contribution in [3.63, 3.8) is 0 Å². The highest BCUT2D eigenvalue weighted by molar-refractivity contribution is 5.89. The molecule has 0 radical (unpaired) electrons. The van der Waals surface area contributed by atoms with Gasteiger partial charge in [0.25, 0.3) is 0 Å². The maximum Gasteiger partial charge on any atom is 0.406 e. The number of nitrogens with two attached hydrogens (primary N) is 1. The summed E-state index contributed by atoms with van der Waals surface area (Å²) in [5.74, 6) is -1.84. The molecule has 0 aromatic heterocycles. The molecule has 1 aliphatic heterocycles. The Balaban J connectivity index is 0.00000361. The van der Waals surface area contributed by atoms with Gasteiger partial charge in [-0.05, 0) is 13.8 Å². The van der Waals surface area contributed by atoms with Gasteiger partial charge in [-0.3, -0.25) is 9.59 Å². The normalized spacial score (nSPS) is 19.8. The summed E-state index contributed by atoms with van der Waals surface area (Å²) < 4.78 is 36.7. The first-order valence-electron chi connectivity index (χ1n) is 5.91. The molecule has 0 bridgehead atoms. The van der Waals surface area contributed by atoms with Crippen molar-refractivity contribution in [3.8, 4) is 0 Å². The van der Waals surface area contributed by atoms with Crippen molar-refractivity contribution >= 4 is 24.2 Å². The minimum Gasteiger partial charge on any atom is -0.350 e. The molecule has 1 unspecified atom stereocenters. The predicted molar refractivity (Wildman–Crippen MR) is 69.3 cm³/mol. The monoisotopic (exact) mass is 317 g/mol. The van der Waals surface area contributed by atoms with Crippen molar-refractivity contribution in [1.29, 1.82) is 0 Å². The molecular weight excluding hydrogens is 299 g/mol. The molecule has 1 saturated heterocycles. The van der Waals surface area contributed by atoms with E-state index in [9.17, 15) is 22.8 Å². The first-order valence-corrected chi connectivity index (χ1v) is 5.91. The fourth-order valence-corrected chi connectivity index (χ4v) is 1.80. The van der Waals surface area contributed by atoms with Crippen LogP contribution in [0.1, 0.15) is 20.3 Å². The van der Waals surface area contributed by atoms with Gasteiger partial charge in [-0.15, -0.1) is 12.4 Å². The lowest BCUT2D eigenvalue weighted by Gasteiger charge is -2.26. The molecule has 3 N–H and O–H groups in total. The number of hydrogen-bond donors (Lipinski definition) is 2. The molecule has 0 aromatic rings. The SMILES string of the molecule is CC(C)(CN)NC(=O)C1CC(=O)N(CC(F)(F)F)C1.Cl. The van der Waals surface area contributed by atoms with Crippen LogP contribution in [0, 0.1) is 5.92 Å². The summed E-state index contributed by atoms with van der Waals surface area (Å²) in [7, 11) is 0. The summed E-state index contributed by atoms with van der Waals surface area (Å²) in [5, 5.41) is 2.63. The molecule has 0 spiro atoms. The minimum absolute atomic E-state index is 0. The van der Waals surface area contributed by atoms with Crippen LogP contribution in [-0.2, 0) is 9.59 Å². The number of amides is 2. The van der Waals surface area contributed by atoms with E-state index in [1.807, 2.05) is 0 Å². The number of nitrogens with one attached hydrogen (secondary N) is 1. The molecule has 1 rings (SSSR count). The van der Waals surface area contributed by atoms with Crippen LogP contribution in [0.4, 0.5) is 13.2 Å². The van der Waals surface area contributed by atoms with E-state index in [4.69, 9.17) is 5.73 Å². The highest BCUT2D eigenvalue weighted by atomic mass is 35.5. The third kappa shape index (κ3) is 5.54. The smallest absolute Gasteiger partial charge is 0.350 e. The fraction of sp³-hybridized carbons (Fsp3) is 0.818. The molecule has 1 aliphatic rings. The third-order valence-electron chi connectivity index (χ3n) is 2.93. The van der Waals surface area contributed by atoms with Gasteiger partial charge in [0.05, 0.1) is 5.92 Å². The number of carbonyl (C=O) groups is 2. The first-order chi connectivity index (χ1) is 8.54. The van der Waals surface area contributed by atoms with E-state index in [0.717, 1.165) is 0 Å². The summed E-state index contributed by atoms with van der Waals surface area (Å²) in [6.45, 7) is 2.09. The summed E-state index contributed by atoms with van der Waals surface area (Å²) in [4.78, 5) is 23.9. The van der Waals surface area contributed by atoms with Crippen LogP contribution in [0.15, 0.2) is 0 Å². The molecule has 9 heteroatoms. The van der Waals surface area contributed by atoms with Gasteiger partial charge >= 0.3 is 6.18 Å². The maximum absolute atomic E-state index is 12.2. The highest BCUT2D eigenvalue weighted by Crippen LogP contribution is 2.24. The number of likely N-dealkylation sites (tertiary alicyclic amines) is 1. The molecular formula is C11H19ClF3N3O2. The van der Waals surface area contributed by atoms with E-state index >= 15 is 0 Å². The van der Waals surface area contributed by atoms with Gasteiger partial charge in [0, 0.05) is 25.0 Å². The summed E-state index contributed by atoms with van der Waals surface area (Å²) in [6.07, 6.45) is -4.64. The van der Waals surface area contributed by atoms with Gasteiger partial charge in [0.2, 0.25) is 11.8 Å². The summed E-state index contributed by atoms with van der Waals surface area (Å²) in [6, 6.07) is 0. The maximum atomic E-state index is 12.2. The number of halogens is 4. The van der Waals surface area contributed by atoms with Crippen LogP contribution >= 0.6 is 12.4 Å². The standard InChI is InChI=1S/C11H18F3N3O2.ClH/c1-10(2,5-15)16-9(19)7-3-8(18)17(4-7)6-11(12,13)14;/h7H,3-6,15H2,1-2H3,(H,16,19);1H. The Morgan fingerprint density at radius 2 is 2.00 bits per heavy atom. The third-order valence-corrected chi connectivity index (χ3v) is 2.93. The molecule has 0 aromatic carbocycles. The van der Waals surface area contributed by atoms with Gasteiger partial charge in [-0.2, -0.15) is 13.2 Å². The zero-order chi connectivity index (χ0) is 14.8. The number of nitrogens with zero attached hydrogens (tertiary/aromatic N) is 1. The van der Waals surface area contributed by atoms with Crippen LogP contribution in [0.2, 0.25) is 0 Å². The van der Waals surface area contributed by atoms with Crippen LogP contribution in [-0.4, -0.2) is 48.1 Å². The second-order valence-corrected chi connectivity index (χ2v) is 5.37. The first kappa shape index (κ1) is 19.0. The Bertz CT molecular complexity index is 374. The van der Waals surface area contributed by atoms with Crippen LogP contribution in [0.25, 0.3) is 0 Å². The van der Waals surface area contributed by atoms with E-state index in [2.05, 4.69) is 5.32 Å². The van der Waals surface area contributed by atoms with Crippen molar-refractivity contribution in [3.05, 3.63) is 0 Å². The lowest BCUT2D eigenvalue weighted by Crippen LogP contribution is -2.51. The Labute approximate surface area is 121 Å². The van der Waals surface area contributed by atoms with E-state index in [1.165, 1.54) is 0 Å². The van der Waals surface area contributed by atoms with Gasteiger partial charge in [-0.25, -0.2) is 0 Å². The van der Waals surface area contributed by atoms with Crippen molar-refractivity contribution in [1.82, 2.24) is 10.2 Å². The molecule has 0 saturated carbocycles. The Morgan fingerprint density at radius 3 is 2.45 bits per heavy atom. The number of rotatable bonds is 4.